The van der Waals surface area contributed by atoms with Gasteiger partial charge in [-0.05, 0) is 46.0 Å². The number of allylic oxidation sites excluding steroid dienone is 2. The van der Waals surface area contributed by atoms with E-state index in [1.54, 1.807) is 0 Å². The molecule has 1 atom stereocenters. The van der Waals surface area contributed by atoms with Crippen LogP contribution in [0.1, 0.15) is 117 Å². The lowest BCUT2D eigenvalue weighted by atomic mass is 10.1. The summed E-state index contributed by atoms with van der Waals surface area (Å²) in [5.74, 6) is -0.539. The molecular weight excluding hydrogens is 477 g/mol. The van der Waals surface area contributed by atoms with Gasteiger partial charge >= 0.3 is 19.2 Å². The minimum Gasteiger partial charge on any atom is -0.463 e. The van der Waals surface area contributed by atoms with Crippen LogP contribution in [0.25, 0.3) is 0 Å². The van der Waals surface area contributed by atoms with Crippen LogP contribution in [0.5, 0.6) is 0 Å². The minimum atomic E-state index is -4.71. The number of hydrogen-bond acceptors (Lipinski definition) is 6. The molecule has 0 aromatic rings. The third-order valence-electron chi connectivity index (χ3n) is 5.56. The van der Waals surface area contributed by atoms with E-state index in [1.165, 1.54) is 58.8 Å². The summed E-state index contributed by atoms with van der Waals surface area (Å²) in [6, 6.07) is 0. The van der Waals surface area contributed by atoms with Crippen LogP contribution < -0.4 is 0 Å². The Hall–Kier alpha value is -0.820. The van der Waals surface area contributed by atoms with Crippen LogP contribution in [0.15, 0.2) is 12.2 Å². The summed E-state index contributed by atoms with van der Waals surface area (Å²) < 4.78 is 55.1. The summed E-state index contributed by atoms with van der Waals surface area (Å²) in [4.78, 5) is 11.8. The van der Waals surface area contributed by atoms with E-state index < -0.39 is 38.4 Å². The Morgan fingerprint density at radius 1 is 0.857 bits per heavy atom. The number of alkyl halides is 2. The smallest absolute Gasteiger partial charge is 0.399 e. The van der Waals surface area contributed by atoms with Crippen LogP contribution >= 0.6 is 7.60 Å². The van der Waals surface area contributed by atoms with Crippen molar-refractivity contribution in [3.8, 4) is 0 Å². The highest BCUT2D eigenvalue weighted by atomic mass is 31.2. The number of rotatable bonds is 24. The molecule has 6 nitrogen and oxygen atoms in total. The van der Waals surface area contributed by atoms with Crippen LogP contribution in [0.4, 0.5) is 8.78 Å². The number of esters is 1. The molecule has 0 aliphatic carbocycles. The number of hydrogen-bond donors (Lipinski definition) is 1. The zero-order valence-electron chi connectivity index (χ0n) is 22.2. The molecule has 0 fully saturated rings. The van der Waals surface area contributed by atoms with E-state index in [2.05, 4.69) is 28.1 Å². The summed E-state index contributed by atoms with van der Waals surface area (Å²) in [6.07, 6.45) is 16.9. The standard InChI is InChI=1S/C26H49F2O6P/c1-4-7-8-9-10-11-12-13-14-15-16-17-18-19-20-21-25(30)32-23-24(29)22-26(27,28)35(31,33-5-2)34-6-3/h13-14,24,29H,4-12,15-23H2,1-3H3/b14-13+/t24-/m0/s1. The Labute approximate surface area is 211 Å². The normalized spacial score (nSPS) is 13.4. The lowest BCUT2D eigenvalue weighted by Crippen LogP contribution is -2.30. The molecule has 35 heavy (non-hydrogen) atoms. The third-order valence-corrected chi connectivity index (χ3v) is 7.74. The average Bonchev–Trinajstić information content (AvgIpc) is 2.80. The van der Waals surface area contributed by atoms with Gasteiger partial charge in [0.05, 0.1) is 25.7 Å². The molecule has 9 heteroatoms. The molecule has 0 saturated carbocycles. The largest absolute Gasteiger partial charge is 0.463 e. The molecule has 0 aliphatic rings. The summed E-state index contributed by atoms with van der Waals surface area (Å²) in [5.41, 5.74) is -3.88. The highest BCUT2D eigenvalue weighted by Gasteiger charge is 2.54. The number of aliphatic hydroxyl groups is 1. The second kappa shape index (κ2) is 21.3. The Balaban J connectivity index is 3.82. The van der Waals surface area contributed by atoms with Crippen LogP contribution in [0, 0.1) is 0 Å². The van der Waals surface area contributed by atoms with Gasteiger partial charge in [-0.25, -0.2) is 0 Å². The van der Waals surface area contributed by atoms with Crippen molar-refractivity contribution >= 4 is 13.6 Å². The first-order valence-electron chi connectivity index (χ1n) is 13.5. The molecule has 0 unspecified atom stereocenters. The Morgan fingerprint density at radius 2 is 1.34 bits per heavy atom. The highest BCUT2D eigenvalue weighted by molar-refractivity contribution is 7.55. The molecule has 208 valence electrons. The Morgan fingerprint density at radius 3 is 1.86 bits per heavy atom. The second-order valence-corrected chi connectivity index (χ2v) is 11.0. The van der Waals surface area contributed by atoms with Gasteiger partial charge in [0.25, 0.3) is 0 Å². The van der Waals surface area contributed by atoms with E-state index in [0.717, 1.165) is 32.1 Å². The summed E-state index contributed by atoms with van der Waals surface area (Å²) in [7, 11) is -4.71. The zero-order valence-corrected chi connectivity index (χ0v) is 23.0. The van der Waals surface area contributed by atoms with Gasteiger partial charge in [-0.15, -0.1) is 0 Å². The molecular formula is C26H49F2O6P. The Bertz CT molecular complexity index is 590. The van der Waals surface area contributed by atoms with Crippen LogP contribution in [0.3, 0.4) is 0 Å². The van der Waals surface area contributed by atoms with E-state index in [-0.39, 0.29) is 19.6 Å². The molecule has 0 aromatic heterocycles. The lowest BCUT2D eigenvalue weighted by molar-refractivity contribution is -0.148. The predicted molar refractivity (Wildman–Crippen MR) is 137 cm³/mol. The quantitative estimate of drug-likeness (QED) is 0.0591. The summed E-state index contributed by atoms with van der Waals surface area (Å²) >= 11 is 0. The number of carbonyl (C=O) groups is 1. The lowest BCUT2D eigenvalue weighted by Gasteiger charge is -2.27. The molecule has 0 aliphatic heterocycles. The minimum absolute atomic E-state index is 0.178. The molecule has 0 aromatic carbocycles. The van der Waals surface area contributed by atoms with E-state index in [4.69, 9.17) is 4.74 Å². The topological polar surface area (TPSA) is 82.1 Å². The fourth-order valence-corrected chi connectivity index (χ4v) is 5.19. The van der Waals surface area contributed by atoms with Crippen LogP contribution in [0.2, 0.25) is 0 Å². The number of aliphatic hydroxyl groups excluding tert-OH is 1. The molecule has 0 bridgehead atoms. The molecule has 0 spiro atoms. The molecule has 0 heterocycles. The first-order chi connectivity index (χ1) is 16.7. The SMILES string of the molecule is CCCCCCCC/C=C/CCCCCCCC(=O)OC[C@@H](O)CC(F)(F)P(=O)(OCC)OCC. The van der Waals surface area contributed by atoms with Crippen molar-refractivity contribution in [3.05, 3.63) is 12.2 Å². The third kappa shape index (κ3) is 17.3. The van der Waals surface area contributed by atoms with Gasteiger partial charge < -0.3 is 18.9 Å². The van der Waals surface area contributed by atoms with Crippen molar-refractivity contribution in [1.29, 1.82) is 0 Å². The number of carbonyl (C=O) groups excluding carboxylic acids is 1. The highest BCUT2D eigenvalue weighted by Crippen LogP contribution is 2.63. The van der Waals surface area contributed by atoms with E-state index in [1.807, 2.05) is 0 Å². The van der Waals surface area contributed by atoms with Gasteiger partial charge in [-0.1, -0.05) is 70.4 Å². The molecule has 1 N–H and O–H groups in total. The van der Waals surface area contributed by atoms with Gasteiger partial charge in [0.15, 0.2) is 0 Å². The van der Waals surface area contributed by atoms with Gasteiger partial charge in [-0.2, -0.15) is 8.78 Å². The monoisotopic (exact) mass is 526 g/mol. The number of unbranched alkanes of at least 4 members (excludes halogenated alkanes) is 11. The Kier molecular flexibility index (Phi) is 20.8. The van der Waals surface area contributed by atoms with Gasteiger partial charge in [0, 0.05) is 6.42 Å². The molecule has 0 saturated heterocycles. The zero-order chi connectivity index (χ0) is 26.4. The molecule has 0 rings (SSSR count). The first kappa shape index (κ1) is 34.2. The van der Waals surface area contributed by atoms with Crippen molar-refractivity contribution in [2.45, 2.75) is 129 Å². The van der Waals surface area contributed by atoms with Crippen molar-refractivity contribution < 1.29 is 37.0 Å². The van der Waals surface area contributed by atoms with E-state index in [9.17, 15) is 23.2 Å². The van der Waals surface area contributed by atoms with Crippen molar-refractivity contribution in [2.75, 3.05) is 19.8 Å². The van der Waals surface area contributed by atoms with E-state index in [0.29, 0.717) is 6.42 Å². The number of halogens is 2. The van der Waals surface area contributed by atoms with Crippen molar-refractivity contribution in [1.82, 2.24) is 0 Å². The maximum Gasteiger partial charge on any atom is 0.399 e. The average molecular weight is 527 g/mol. The second-order valence-electron chi connectivity index (χ2n) is 8.87. The first-order valence-corrected chi connectivity index (χ1v) is 15.0. The predicted octanol–water partition coefficient (Wildman–Crippen LogP) is 8.18. The van der Waals surface area contributed by atoms with E-state index >= 15 is 0 Å². The van der Waals surface area contributed by atoms with Crippen LogP contribution in [-0.2, 0) is 23.1 Å². The van der Waals surface area contributed by atoms with Gasteiger partial charge in [0.1, 0.15) is 6.61 Å². The maximum absolute atomic E-state index is 14.3. The van der Waals surface area contributed by atoms with Crippen molar-refractivity contribution in [3.63, 3.8) is 0 Å². The molecule has 0 amide bonds. The summed E-state index contributed by atoms with van der Waals surface area (Å²) in [5, 5.41) is 9.84. The van der Waals surface area contributed by atoms with Crippen molar-refractivity contribution in [2.24, 2.45) is 0 Å². The number of ether oxygens (including phenoxy) is 1. The molecule has 0 radical (unpaired) electrons. The van der Waals surface area contributed by atoms with Gasteiger partial charge in [0.2, 0.25) is 0 Å². The fraction of sp³-hybridized carbons (Fsp3) is 0.885. The van der Waals surface area contributed by atoms with Gasteiger partial charge in [-0.3, -0.25) is 9.36 Å². The maximum atomic E-state index is 14.3. The van der Waals surface area contributed by atoms with Crippen LogP contribution in [-0.4, -0.2) is 42.7 Å². The fourth-order valence-electron chi connectivity index (χ4n) is 3.62. The summed E-state index contributed by atoms with van der Waals surface area (Å²) in [6.45, 7) is 4.07.